The first kappa shape index (κ1) is 17.9. The predicted molar refractivity (Wildman–Crippen MR) is 101 cm³/mol. The Balaban J connectivity index is 1.82. The number of rotatable bonds is 4. The number of aryl methyl sites for hydroxylation is 1. The summed E-state index contributed by atoms with van der Waals surface area (Å²) in [6.07, 6.45) is 0. The van der Waals surface area contributed by atoms with E-state index < -0.39 is 4.92 Å². The molecule has 0 radical (unpaired) electrons. The minimum atomic E-state index is -0.414. The number of anilines is 2. The number of quaternary nitrogens is 1. The molecule has 3 rings (SSSR count). The topological polar surface area (TPSA) is 79.9 Å². The molecule has 0 unspecified atom stereocenters. The van der Waals surface area contributed by atoms with Crippen LogP contribution in [0, 0.1) is 17.0 Å². The van der Waals surface area contributed by atoms with E-state index in [1.165, 1.54) is 11.0 Å². The number of hydrogen-bond donors (Lipinski definition) is 2. The molecule has 1 heterocycles. The number of amides is 1. The van der Waals surface area contributed by atoms with Crippen LogP contribution in [0.4, 0.5) is 17.1 Å². The molecule has 1 saturated heterocycles. The monoisotopic (exact) mass is 355 g/mol. The van der Waals surface area contributed by atoms with Crippen molar-refractivity contribution in [3.63, 3.8) is 0 Å². The van der Waals surface area contributed by atoms with E-state index in [-0.39, 0.29) is 17.2 Å². The SMILES string of the molecule is Cc1ccc(NC(=O)c2ccc(N3CC[NH+](C)CC3)c([N+](=O)[O-])c2)cc1. The van der Waals surface area contributed by atoms with E-state index in [9.17, 15) is 14.9 Å². The number of piperazine rings is 1. The van der Waals surface area contributed by atoms with Crippen LogP contribution in [0.2, 0.25) is 0 Å². The molecule has 1 aliphatic heterocycles. The molecule has 1 fully saturated rings. The van der Waals surface area contributed by atoms with Gasteiger partial charge in [-0.3, -0.25) is 14.9 Å². The van der Waals surface area contributed by atoms with Crippen molar-refractivity contribution in [2.75, 3.05) is 43.4 Å². The first-order chi connectivity index (χ1) is 12.4. The van der Waals surface area contributed by atoms with Gasteiger partial charge in [-0.2, -0.15) is 0 Å². The number of hydrogen-bond acceptors (Lipinski definition) is 4. The lowest BCUT2D eigenvalue weighted by molar-refractivity contribution is -0.880. The van der Waals surface area contributed by atoms with Crippen molar-refractivity contribution in [3.8, 4) is 0 Å². The number of nitrogens with one attached hydrogen (secondary N) is 2. The molecule has 0 saturated carbocycles. The number of nitrogens with zero attached hydrogens (tertiary/aromatic N) is 2. The molecule has 26 heavy (non-hydrogen) atoms. The quantitative estimate of drug-likeness (QED) is 0.643. The summed E-state index contributed by atoms with van der Waals surface area (Å²) in [5.41, 5.74) is 2.59. The van der Waals surface area contributed by atoms with E-state index in [4.69, 9.17) is 0 Å². The molecule has 2 aromatic rings. The van der Waals surface area contributed by atoms with Gasteiger partial charge in [-0.1, -0.05) is 17.7 Å². The Labute approximate surface area is 152 Å². The highest BCUT2D eigenvalue weighted by molar-refractivity contribution is 6.05. The molecule has 1 amide bonds. The van der Waals surface area contributed by atoms with Gasteiger partial charge in [-0.05, 0) is 31.2 Å². The molecular weight excluding hydrogens is 332 g/mol. The summed E-state index contributed by atoms with van der Waals surface area (Å²) in [6.45, 7) is 5.37. The molecule has 0 spiro atoms. The Kier molecular flexibility index (Phi) is 5.18. The van der Waals surface area contributed by atoms with Crippen LogP contribution in [0.3, 0.4) is 0 Å². The Morgan fingerprint density at radius 3 is 2.42 bits per heavy atom. The van der Waals surface area contributed by atoms with Gasteiger partial charge in [-0.25, -0.2) is 0 Å². The second-order valence-electron chi connectivity index (χ2n) is 6.72. The molecular formula is C19H23N4O3+. The predicted octanol–water partition coefficient (Wildman–Crippen LogP) is 1.49. The van der Waals surface area contributed by atoms with Crippen molar-refractivity contribution in [1.82, 2.24) is 0 Å². The van der Waals surface area contributed by atoms with Crippen LogP contribution in [0.1, 0.15) is 15.9 Å². The Morgan fingerprint density at radius 2 is 1.81 bits per heavy atom. The van der Waals surface area contributed by atoms with Gasteiger partial charge in [0.1, 0.15) is 5.69 Å². The molecule has 2 N–H and O–H groups in total. The molecule has 7 nitrogen and oxygen atoms in total. The van der Waals surface area contributed by atoms with Crippen molar-refractivity contribution in [2.24, 2.45) is 0 Å². The molecule has 1 aliphatic rings. The number of benzene rings is 2. The molecule has 0 aliphatic carbocycles. The van der Waals surface area contributed by atoms with Gasteiger partial charge in [0.25, 0.3) is 11.6 Å². The first-order valence-electron chi connectivity index (χ1n) is 8.67. The maximum Gasteiger partial charge on any atom is 0.293 e. The Bertz CT molecular complexity index is 812. The average Bonchev–Trinajstić information content (AvgIpc) is 2.63. The smallest absolute Gasteiger partial charge is 0.293 e. The van der Waals surface area contributed by atoms with Gasteiger partial charge in [0, 0.05) is 17.3 Å². The van der Waals surface area contributed by atoms with Crippen molar-refractivity contribution in [1.29, 1.82) is 0 Å². The number of likely N-dealkylation sites (N-methyl/N-ethyl adjacent to an activating group) is 1. The standard InChI is InChI=1S/C19H22N4O3/c1-14-3-6-16(7-4-14)20-19(24)15-5-8-17(18(13-15)23(25)26)22-11-9-21(2)10-12-22/h3-8,13H,9-12H2,1-2H3,(H,20,24)/p+1. The third kappa shape index (κ3) is 4.00. The lowest BCUT2D eigenvalue weighted by atomic mass is 10.1. The van der Waals surface area contributed by atoms with Gasteiger partial charge < -0.3 is 15.1 Å². The molecule has 0 aromatic heterocycles. The van der Waals surface area contributed by atoms with Crippen LogP contribution in [0.5, 0.6) is 0 Å². The largest absolute Gasteiger partial charge is 0.355 e. The number of nitro benzene ring substituents is 1. The van der Waals surface area contributed by atoms with Crippen molar-refractivity contribution < 1.29 is 14.6 Å². The third-order valence-corrected chi connectivity index (χ3v) is 4.70. The van der Waals surface area contributed by atoms with Crippen molar-refractivity contribution in [3.05, 3.63) is 63.7 Å². The summed E-state index contributed by atoms with van der Waals surface area (Å²) in [4.78, 5) is 27.0. The molecule has 0 bridgehead atoms. The van der Waals surface area contributed by atoms with Crippen LogP contribution >= 0.6 is 0 Å². The van der Waals surface area contributed by atoms with E-state index in [0.717, 1.165) is 31.7 Å². The molecule has 136 valence electrons. The maximum absolute atomic E-state index is 12.5. The highest BCUT2D eigenvalue weighted by Crippen LogP contribution is 2.29. The van der Waals surface area contributed by atoms with Gasteiger partial charge in [0.15, 0.2) is 0 Å². The highest BCUT2D eigenvalue weighted by atomic mass is 16.6. The second-order valence-corrected chi connectivity index (χ2v) is 6.72. The Hall–Kier alpha value is -2.93. The van der Waals surface area contributed by atoms with Crippen molar-refractivity contribution >= 4 is 23.0 Å². The van der Waals surface area contributed by atoms with Crippen LogP contribution in [0.15, 0.2) is 42.5 Å². The summed E-state index contributed by atoms with van der Waals surface area (Å²) in [5.74, 6) is -0.355. The van der Waals surface area contributed by atoms with Gasteiger partial charge >= 0.3 is 0 Å². The molecule has 2 aromatic carbocycles. The molecule has 7 heteroatoms. The van der Waals surface area contributed by atoms with Crippen LogP contribution in [-0.2, 0) is 0 Å². The zero-order valence-electron chi connectivity index (χ0n) is 15.0. The fourth-order valence-electron chi connectivity index (χ4n) is 3.05. The highest BCUT2D eigenvalue weighted by Gasteiger charge is 2.25. The van der Waals surface area contributed by atoms with Crippen LogP contribution < -0.4 is 15.1 Å². The van der Waals surface area contributed by atoms with Crippen LogP contribution in [-0.4, -0.2) is 44.1 Å². The lowest BCUT2D eigenvalue weighted by Gasteiger charge is -2.31. The summed E-state index contributed by atoms with van der Waals surface area (Å²) in [5, 5.41) is 14.3. The second kappa shape index (κ2) is 7.53. The van der Waals surface area contributed by atoms with Crippen LogP contribution in [0.25, 0.3) is 0 Å². The normalized spacial score (nSPS) is 14.9. The summed E-state index contributed by atoms with van der Waals surface area (Å²) < 4.78 is 0. The average molecular weight is 355 g/mol. The minimum absolute atomic E-state index is 0.0268. The zero-order chi connectivity index (χ0) is 18.7. The first-order valence-corrected chi connectivity index (χ1v) is 8.67. The van der Waals surface area contributed by atoms with Gasteiger partial charge in [-0.15, -0.1) is 0 Å². The fourth-order valence-corrected chi connectivity index (χ4v) is 3.05. The van der Waals surface area contributed by atoms with Gasteiger partial charge in [0.2, 0.25) is 0 Å². The van der Waals surface area contributed by atoms with Crippen molar-refractivity contribution in [2.45, 2.75) is 6.92 Å². The lowest BCUT2D eigenvalue weighted by Crippen LogP contribution is -3.12. The third-order valence-electron chi connectivity index (χ3n) is 4.70. The number of nitro groups is 1. The van der Waals surface area contributed by atoms with Gasteiger partial charge in [0.05, 0.1) is 38.2 Å². The Morgan fingerprint density at radius 1 is 1.15 bits per heavy atom. The van der Waals surface area contributed by atoms with E-state index in [1.54, 1.807) is 12.1 Å². The van der Waals surface area contributed by atoms with E-state index in [1.807, 2.05) is 36.1 Å². The summed E-state index contributed by atoms with van der Waals surface area (Å²) >= 11 is 0. The minimum Gasteiger partial charge on any atom is -0.355 e. The van der Waals surface area contributed by atoms with E-state index in [2.05, 4.69) is 12.4 Å². The van der Waals surface area contributed by atoms with E-state index in [0.29, 0.717) is 11.4 Å². The maximum atomic E-state index is 12.5. The van der Waals surface area contributed by atoms with E-state index >= 15 is 0 Å². The zero-order valence-corrected chi connectivity index (χ0v) is 15.0. The summed E-state index contributed by atoms with van der Waals surface area (Å²) in [6, 6.07) is 12.1. The summed E-state index contributed by atoms with van der Waals surface area (Å²) in [7, 11) is 2.12. The fraction of sp³-hybridized carbons (Fsp3) is 0.316. The molecule has 0 atom stereocenters. The number of carbonyl (C=O) groups excluding carboxylic acids is 1. The number of carbonyl (C=O) groups is 1.